The van der Waals surface area contributed by atoms with Gasteiger partial charge in [0, 0.05) is 28.5 Å². The summed E-state index contributed by atoms with van der Waals surface area (Å²) in [6, 6.07) is 17.6. The van der Waals surface area contributed by atoms with Crippen molar-refractivity contribution < 1.29 is 9.59 Å². The number of amides is 2. The normalized spacial score (nSPS) is 10.3. The van der Waals surface area contributed by atoms with Crippen molar-refractivity contribution in [3.05, 3.63) is 91.4 Å². The summed E-state index contributed by atoms with van der Waals surface area (Å²) in [7, 11) is 0. The molecule has 2 amide bonds. The lowest BCUT2D eigenvalue weighted by molar-refractivity contribution is -0.111. The van der Waals surface area contributed by atoms with Crippen molar-refractivity contribution in [1.82, 2.24) is 15.0 Å². The van der Waals surface area contributed by atoms with Crippen LogP contribution in [0.5, 0.6) is 0 Å². The number of rotatable bonds is 6. The first kappa shape index (κ1) is 19.7. The van der Waals surface area contributed by atoms with Crippen LogP contribution >= 0.6 is 0 Å². The lowest BCUT2D eigenvalue weighted by Gasteiger charge is -2.11. The second kappa shape index (κ2) is 8.83. The van der Waals surface area contributed by atoms with Crippen LogP contribution in [0.4, 0.5) is 23.0 Å². The largest absolute Gasteiger partial charge is 0.340 e. The summed E-state index contributed by atoms with van der Waals surface area (Å²) in [4.78, 5) is 36.8. The van der Waals surface area contributed by atoms with E-state index in [9.17, 15) is 9.59 Å². The minimum atomic E-state index is -0.308. The molecule has 0 fully saturated rings. The molecule has 0 radical (unpaired) electrons. The summed E-state index contributed by atoms with van der Waals surface area (Å²) >= 11 is 0. The molecule has 0 aliphatic carbocycles. The van der Waals surface area contributed by atoms with Crippen molar-refractivity contribution in [2.24, 2.45) is 0 Å². The monoisotopic (exact) mass is 410 g/mol. The molecular formula is C23H18N6O2. The van der Waals surface area contributed by atoms with Gasteiger partial charge < -0.3 is 16.0 Å². The third-order valence-corrected chi connectivity index (χ3v) is 4.38. The molecule has 3 N–H and O–H groups in total. The number of nitrogens with zero attached hydrogens (tertiary/aromatic N) is 3. The summed E-state index contributed by atoms with van der Waals surface area (Å²) in [5.41, 5.74) is 2.44. The quantitative estimate of drug-likeness (QED) is 0.412. The first-order valence-corrected chi connectivity index (χ1v) is 9.40. The van der Waals surface area contributed by atoms with Gasteiger partial charge in [-0.05, 0) is 54.6 Å². The highest BCUT2D eigenvalue weighted by atomic mass is 16.2. The molecule has 0 bridgehead atoms. The van der Waals surface area contributed by atoms with Crippen LogP contribution in [-0.4, -0.2) is 26.8 Å². The van der Waals surface area contributed by atoms with E-state index >= 15 is 0 Å². The Kier molecular flexibility index (Phi) is 5.62. The number of pyridine rings is 1. The maximum absolute atomic E-state index is 12.6. The molecular weight excluding hydrogens is 392 g/mol. The maximum Gasteiger partial charge on any atom is 0.256 e. The summed E-state index contributed by atoms with van der Waals surface area (Å²) in [5.74, 6) is 0.436. The van der Waals surface area contributed by atoms with Gasteiger partial charge in [-0.3, -0.25) is 9.59 Å². The standard InChI is InChI=1S/C23H18N6O2/c1-2-21(30)27-17-9-10-19-18(13-17)22(26-14-25-19)28-16-7-5-6-15(12-16)23(31)29-20-8-3-4-11-24-20/h2-14H,1H2,(H,27,30)(H,24,29,31)(H,25,26,28). The molecule has 2 aromatic carbocycles. The third kappa shape index (κ3) is 4.70. The lowest BCUT2D eigenvalue weighted by Crippen LogP contribution is -2.13. The summed E-state index contributed by atoms with van der Waals surface area (Å²) in [6.45, 7) is 3.46. The second-order valence-corrected chi connectivity index (χ2v) is 6.52. The third-order valence-electron chi connectivity index (χ3n) is 4.38. The zero-order valence-corrected chi connectivity index (χ0v) is 16.4. The summed E-state index contributed by atoms with van der Waals surface area (Å²) in [5, 5.41) is 9.42. The van der Waals surface area contributed by atoms with E-state index in [-0.39, 0.29) is 11.8 Å². The van der Waals surface area contributed by atoms with Crippen molar-refractivity contribution >= 4 is 45.7 Å². The predicted octanol–water partition coefficient (Wildman–Crippen LogP) is 4.15. The van der Waals surface area contributed by atoms with Crippen LogP contribution in [0.25, 0.3) is 10.9 Å². The Labute approximate surface area is 178 Å². The summed E-state index contributed by atoms with van der Waals surface area (Å²) < 4.78 is 0. The Bertz CT molecular complexity index is 1270. The Morgan fingerprint density at radius 2 is 1.77 bits per heavy atom. The van der Waals surface area contributed by atoms with E-state index in [0.717, 1.165) is 0 Å². The number of anilines is 4. The number of hydrogen-bond donors (Lipinski definition) is 3. The highest BCUT2D eigenvalue weighted by Crippen LogP contribution is 2.26. The molecule has 8 nitrogen and oxygen atoms in total. The van der Waals surface area contributed by atoms with Crippen LogP contribution in [0.15, 0.2) is 85.8 Å². The number of carbonyl (C=O) groups excluding carboxylic acids is 2. The molecule has 0 unspecified atom stereocenters. The number of carbonyl (C=O) groups is 2. The van der Waals surface area contributed by atoms with Gasteiger partial charge in [0.15, 0.2) is 0 Å². The molecule has 2 heterocycles. The molecule has 0 saturated carbocycles. The predicted molar refractivity (Wildman–Crippen MR) is 120 cm³/mol. The lowest BCUT2D eigenvalue weighted by atomic mass is 10.1. The van der Waals surface area contributed by atoms with E-state index in [1.807, 2.05) is 6.07 Å². The molecule has 2 aromatic heterocycles. The molecule has 8 heteroatoms. The van der Waals surface area contributed by atoms with E-state index in [1.54, 1.807) is 60.8 Å². The SMILES string of the molecule is C=CC(=O)Nc1ccc2ncnc(Nc3cccc(C(=O)Nc4ccccn4)c3)c2c1. The van der Waals surface area contributed by atoms with Gasteiger partial charge in [0.05, 0.1) is 5.52 Å². The highest BCUT2D eigenvalue weighted by molar-refractivity contribution is 6.05. The average Bonchev–Trinajstić information content (AvgIpc) is 2.80. The average molecular weight is 410 g/mol. The van der Waals surface area contributed by atoms with Gasteiger partial charge in [-0.15, -0.1) is 0 Å². The number of benzene rings is 2. The number of fused-ring (bicyclic) bond motifs is 1. The fourth-order valence-electron chi connectivity index (χ4n) is 2.93. The Morgan fingerprint density at radius 3 is 2.58 bits per heavy atom. The number of nitrogens with one attached hydrogen (secondary N) is 3. The fourth-order valence-corrected chi connectivity index (χ4v) is 2.93. The van der Waals surface area contributed by atoms with Crippen molar-refractivity contribution in [2.75, 3.05) is 16.0 Å². The first-order valence-electron chi connectivity index (χ1n) is 9.40. The van der Waals surface area contributed by atoms with Crippen LogP contribution in [0.3, 0.4) is 0 Å². The van der Waals surface area contributed by atoms with E-state index in [4.69, 9.17) is 0 Å². The molecule has 0 aliphatic rings. The van der Waals surface area contributed by atoms with Crippen molar-refractivity contribution in [3.8, 4) is 0 Å². The van der Waals surface area contributed by atoms with Crippen LogP contribution in [0, 0.1) is 0 Å². The van der Waals surface area contributed by atoms with E-state index in [0.29, 0.717) is 39.5 Å². The molecule has 0 aliphatic heterocycles. The molecule has 4 rings (SSSR count). The minimum absolute atomic E-state index is 0.274. The zero-order valence-electron chi connectivity index (χ0n) is 16.4. The minimum Gasteiger partial charge on any atom is -0.340 e. The van der Waals surface area contributed by atoms with Gasteiger partial charge in [-0.2, -0.15) is 0 Å². The molecule has 0 atom stereocenters. The maximum atomic E-state index is 12.6. The van der Waals surface area contributed by atoms with Crippen molar-refractivity contribution in [2.45, 2.75) is 0 Å². The van der Waals surface area contributed by atoms with Gasteiger partial charge in [-0.25, -0.2) is 15.0 Å². The Hall–Kier alpha value is -4.59. The fraction of sp³-hybridized carbons (Fsp3) is 0. The van der Waals surface area contributed by atoms with Gasteiger partial charge in [0.2, 0.25) is 5.91 Å². The molecule has 0 saturated heterocycles. The van der Waals surface area contributed by atoms with E-state index in [1.165, 1.54) is 12.4 Å². The number of aromatic nitrogens is 3. The molecule has 0 spiro atoms. The van der Waals surface area contributed by atoms with Gasteiger partial charge in [0.25, 0.3) is 5.91 Å². The topological polar surface area (TPSA) is 109 Å². The molecule has 31 heavy (non-hydrogen) atoms. The van der Waals surface area contributed by atoms with Crippen molar-refractivity contribution in [1.29, 1.82) is 0 Å². The smallest absolute Gasteiger partial charge is 0.256 e. The molecule has 4 aromatic rings. The number of hydrogen-bond acceptors (Lipinski definition) is 6. The zero-order chi connectivity index (χ0) is 21.6. The van der Waals surface area contributed by atoms with E-state index in [2.05, 4.69) is 37.5 Å². The molecule has 152 valence electrons. The second-order valence-electron chi connectivity index (χ2n) is 6.52. The van der Waals surface area contributed by atoms with Crippen LogP contribution < -0.4 is 16.0 Å². The summed E-state index contributed by atoms with van der Waals surface area (Å²) in [6.07, 6.45) is 4.26. The van der Waals surface area contributed by atoms with Crippen LogP contribution in [0.2, 0.25) is 0 Å². The van der Waals surface area contributed by atoms with Gasteiger partial charge in [0.1, 0.15) is 18.0 Å². The van der Waals surface area contributed by atoms with Crippen molar-refractivity contribution in [3.63, 3.8) is 0 Å². The first-order chi connectivity index (χ1) is 15.1. The van der Waals surface area contributed by atoms with E-state index < -0.39 is 0 Å². The Balaban J connectivity index is 1.59. The van der Waals surface area contributed by atoms with Crippen LogP contribution in [0.1, 0.15) is 10.4 Å². The Morgan fingerprint density at radius 1 is 0.871 bits per heavy atom. The van der Waals surface area contributed by atoms with Crippen LogP contribution in [-0.2, 0) is 4.79 Å². The van der Waals surface area contributed by atoms with Gasteiger partial charge >= 0.3 is 0 Å². The van der Waals surface area contributed by atoms with Gasteiger partial charge in [-0.1, -0.05) is 18.7 Å². The highest BCUT2D eigenvalue weighted by Gasteiger charge is 2.10.